The molecule has 1 aliphatic carbocycles. The second-order valence-electron chi connectivity index (χ2n) is 10.6. The van der Waals surface area contributed by atoms with Crippen LogP contribution in [-0.4, -0.2) is 29.4 Å². The maximum atomic E-state index is 14.6. The molecule has 0 bridgehead atoms. The van der Waals surface area contributed by atoms with E-state index in [4.69, 9.17) is 0 Å². The van der Waals surface area contributed by atoms with E-state index in [9.17, 15) is 18.8 Å². The monoisotopic (exact) mass is 513 g/mol. The van der Waals surface area contributed by atoms with Crippen LogP contribution in [0.1, 0.15) is 53.7 Å². The number of aryl methyl sites for hydroxylation is 1. The van der Waals surface area contributed by atoms with Crippen molar-refractivity contribution in [2.45, 2.75) is 24.9 Å². The maximum absolute atomic E-state index is 14.6. The minimum absolute atomic E-state index is 0.189. The molecule has 3 aliphatic rings. The van der Waals surface area contributed by atoms with Crippen molar-refractivity contribution in [2.24, 2.45) is 5.41 Å². The first kappa shape index (κ1) is 23.5. The first-order valence-corrected chi connectivity index (χ1v) is 13.0. The van der Waals surface area contributed by atoms with Crippen molar-refractivity contribution in [3.8, 4) is 0 Å². The van der Waals surface area contributed by atoms with Crippen molar-refractivity contribution in [2.75, 3.05) is 4.90 Å². The molecule has 0 saturated carbocycles. The van der Waals surface area contributed by atoms with Gasteiger partial charge in [-0.25, -0.2) is 4.39 Å². The molecule has 39 heavy (non-hydrogen) atoms. The van der Waals surface area contributed by atoms with E-state index in [-0.39, 0.29) is 17.3 Å². The highest BCUT2D eigenvalue weighted by molar-refractivity contribution is 6.32. The smallest absolute Gasteiger partial charge is 0.185 e. The van der Waals surface area contributed by atoms with Crippen molar-refractivity contribution in [3.63, 3.8) is 0 Å². The number of hydrogen-bond acceptors (Lipinski definition) is 4. The lowest BCUT2D eigenvalue weighted by Crippen LogP contribution is -2.48. The normalized spacial score (nSPS) is 22.1. The molecule has 0 radical (unpaired) electrons. The van der Waals surface area contributed by atoms with Gasteiger partial charge < -0.3 is 4.90 Å². The van der Waals surface area contributed by atoms with Crippen molar-refractivity contribution < 1.29 is 18.8 Å². The minimum atomic E-state index is -1.59. The van der Waals surface area contributed by atoms with Crippen LogP contribution in [0.4, 0.5) is 10.1 Å². The highest BCUT2D eigenvalue weighted by Gasteiger charge is 2.71. The van der Waals surface area contributed by atoms with Crippen molar-refractivity contribution in [1.29, 1.82) is 0 Å². The van der Waals surface area contributed by atoms with E-state index in [1.54, 1.807) is 60.7 Å². The average molecular weight is 514 g/mol. The first-order valence-electron chi connectivity index (χ1n) is 13.0. The Bertz CT molecular complexity index is 1670. The third kappa shape index (κ3) is 3.13. The lowest BCUT2D eigenvalue weighted by molar-refractivity contribution is 0.0666. The number of carbonyl (C=O) groups excluding carboxylic acids is 3. The number of benzene rings is 4. The lowest BCUT2D eigenvalue weighted by Gasteiger charge is -2.37. The van der Waals surface area contributed by atoms with E-state index in [1.165, 1.54) is 12.1 Å². The fourth-order valence-electron chi connectivity index (χ4n) is 6.89. The van der Waals surface area contributed by atoms with Gasteiger partial charge in [-0.05, 0) is 41.8 Å². The number of Topliss-reactive ketones (excluding diaryl/α,β-unsaturated/α-hetero) is 3. The maximum Gasteiger partial charge on any atom is 0.185 e. The van der Waals surface area contributed by atoms with Crippen LogP contribution in [0.15, 0.2) is 103 Å². The Kier molecular flexibility index (Phi) is 5.08. The Morgan fingerprint density at radius 2 is 1.46 bits per heavy atom. The molecular formula is C34H24FNO3. The van der Waals surface area contributed by atoms with Gasteiger partial charge in [-0.3, -0.25) is 14.4 Å². The third-order valence-electron chi connectivity index (χ3n) is 8.52. The van der Waals surface area contributed by atoms with Crippen LogP contribution < -0.4 is 4.90 Å². The zero-order chi connectivity index (χ0) is 26.9. The number of fused-ring (bicyclic) bond motifs is 5. The Morgan fingerprint density at radius 3 is 2.13 bits per heavy atom. The number of nitrogens with zero attached hydrogens (tertiary/aromatic N) is 1. The number of hydrogen-bond donors (Lipinski definition) is 0. The predicted molar refractivity (Wildman–Crippen MR) is 148 cm³/mol. The van der Waals surface area contributed by atoms with Crippen LogP contribution in [-0.2, 0) is 0 Å². The van der Waals surface area contributed by atoms with E-state index in [0.717, 1.165) is 16.8 Å². The number of anilines is 1. The quantitative estimate of drug-likeness (QED) is 0.233. The fraction of sp³-hybridized carbons (Fsp3) is 0.147. The molecule has 0 aromatic heterocycles. The number of ketones is 3. The van der Waals surface area contributed by atoms with Crippen molar-refractivity contribution in [1.82, 2.24) is 0 Å². The first-order chi connectivity index (χ1) is 18.9. The number of rotatable bonds is 3. The van der Waals surface area contributed by atoms with Gasteiger partial charge in [0.2, 0.25) is 0 Å². The molecule has 1 fully saturated rings. The Morgan fingerprint density at radius 1 is 0.821 bits per heavy atom. The summed E-state index contributed by atoms with van der Waals surface area (Å²) in [5.74, 6) is -2.05. The molecule has 2 aliphatic heterocycles. The lowest BCUT2D eigenvalue weighted by atomic mass is 9.64. The van der Waals surface area contributed by atoms with Crippen molar-refractivity contribution in [3.05, 3.63) is 142 Å². The zero-order valence-corrected chi connectivity index (χ0v) is 21.2. The summed E-state index contributed by atoms with van der Waals surface area (Å²) in [6.45, 7) is 1.98. The molecule has 0 N–H and O–H groups in total. The molecule has 4 nitrogen and oxygen atoms in total. The molecule has 1 saturated heterocycles. The van der Waals surface area contributed by atoms with Crippen LogP contribution in [0.5, 0.6) is 0 Å². The van der Waals surface area contributed by atoms with E-state index in [2.05, 4.69) is 0 Å². The summed E-state index contributed by atoms with van der Waals surface area (Å²) in [4.78, 5) is 45.6. The van der Waals surface area contributed by atoms with Gasteiger partial charge in [0, 0.05) is 28.3 Å². The summed E-state index contributed by atoms with van der Waals surface area (Å²) in [6.07, 6.45) is 3.84. The highest BCUT2D eigenvalue weighted by atomic mass is 19.1. The number of halogens is 1. The SMILES string of the molecule is Cc1ccc2c(c1)N1C(C(=O)c3ccccc3)C(c3ccc(F)cc3)C3(C(=O)c4ccccc4C3=O)C1C=C2. The topological polar surface area (TPSA) is 54.5 Å². The molecule has 1 spiro atoms. The van der Waals surface area contributed by atoms with Crippen LogP contribution >= 0.6 is 0 Å². The Balaban J connectivity index is 1.56. The van der Waals surface area contributed by atoms with Gasteiger partial charge in [0.25, 0.3) is 0 Å². The molecule has 3 atom stereocenters. The average Bonchev–Trinajstić information content (AvgIpc) is 3.40. The van der Waals surface area contributed by atoms with Crippen LogP contribution in [0.25, 0.3) is 6.08 Å². The molecular weight excluding hydrogens is 489 g/mol. The van der Waals surface area contributed by atoms with E-state index < -0.39 is 29.2 Å². The van der Waals surface area contributed by atoms with Crippen LogP contribution in [0.2, 0.25) is 0 Å². The molecule has 4 aromatic rings. The second kappa shape index (κ2) is 8.43. The third-order valence-corrected chi connectivity index (χ3v) is 8.52. The van der Waals surface area contributed by atoms with E-state index >= 15 is 0 Å². The molecule has 7 rings (SSSR count). The zero-order valence-electron chi connectivity index (χ0n) is 21.2. The number of carbonyl (C=O) groups is 3. The molecule has 0 amide bonds. The highest BCUT2D eigenvalue weighted by Crippen LogP contribution is 2.61. The summed E-state index contributed by atoms with van der Waals surface area (Å²) < 4.78 is 14.1. The predicted octanol–water partition coefficient (Wildman–Crippen LogP) is 6.45. The Labute approximate surface area is 225 Å². The summed E-state index contributed by atoms with van der Waals surface area (Å²) in [5, 5.41) is 0. The summed E-state index contributed by atoms with van der Waals surface area (Å²) >= 11 is 0. The molecule has 4 aromatic carbocycles. The summed E-state index contributed by atoms with van der Waals surface area (Å²) in [6, 6.07) is 26.1. The van der Waals surface area contributed by atoms with E-state index in [1.807, 2.05) is 48.2 Å². The minimum Gasteiger partial charge on any atom is -0.352 e. The van der Waals surface area contributed by atoms with Gasteiger partial charge in [0.15, 0.2) is 17.3 Å². The standard InChI is InChI=1S/C34H24FNO3/c1-20-11-12-21-15-18-28-34(32(38)25-9-5-6-10-26(25)33(34)39)29(22-13-16-24(35)17-14-22)30(36(28)27(21)19-20)31(37)23-7-3-2-4-8-23/h2-19,28-30H,1H3. The summed E-state index contributed by atoms with van der Waals surface area (Å²) in [7, 11) is 0. The van der Waals surface area contributed by atoms with Crippen molar-refractivity contribution >= 4 is 29.1 Å². The van der Waals surface area contributed by atoms with Gasteiger partial charge in [0.05, 0.1) is 6.04 Å². The van der Waals surface area contributed by atoms with Gasteiger partial charge >= 0.3 is 0 Å². The fourth-order valence-corrected chi connectivity index (χ4v) is 6.89. The van der Waals surface area contributed by atoms with Crippen LogP contribution in [0, 0.1) is 18.2 Å². The van der Waals surface area contributed by atoms with Gasteiger partial charge in [-0.15, -0.1) is 0 Å². The molecule has 5 heteroatoms. The Hall–Kier alpha value is -4.64. The summed E-state index contributed by atoms with van der Waals surface area (Å²) in [5.41, 5.74) is 2.93. The van der Waals surface area contributed by atoms with Gasteiger partial charge in [-0.2, -0.15) is 0 Å². The second-order valence-corrected chi connectivity index (χ2v) is 10.6. The molecule has 190 valence electrons. The van der Waals surface area contributed by atoms with Gasteiger partial charge in [-0.1, -0.05) is 91.0 Å². The largest absolute Gasteiger partial charge is 0.352 e. The van der Waals surface area contributed by atoms with E-state index in [0.29, 0.717) is 22.3 Å². The van der Waals surface area contributed by atoms with Crippen LogP contribution in [0.3, 0.4) is 0 Å². The van der Waals surface area contributed by atoms with Gasteiger partial charge in [0.1, 0.15) is 17.3 Å². The molecule has 3 unspecified atom stereocenters. The molecule has 2 heterocycles.